The van der Waals surface area contributed by atoms with Gasteiger partial charge in [0.05, 0.1) is 0 Å². The molecule has 0 fully saturated rings. The van der Waals surface area contributed by atoms with Crippen molar-refractivity contribution >= 4 is 11.6 Å². The van der Waals surface area contributed by atoms with Crippen LogP contribution in [0.1, 0.15) is 32.5 Å². The molecule has 19 heavy (non-hydrogen) atoms. The molecular formula is C14H27N5. The number of anilines is 2. The fourth-order valence-electron chi connectivity index (χ4n) is 1.79. The number of nitrogens with zero attached hydrogens (tertiary/aromatic N) is 3. The molecule has 0 saturated carbocycles. The maximum atomic E-state index is 4.49. The Kier molecular flexibility index (Phi) is 7.18. The Bertz CT molecular complexity index is 365. The number of aryl methyl sites for hydroxylation is 1. The summed E-state index contributed by atoms with van der Waals surface area (Å²) in [6, 6.07) is 1.98. The molecule has 1 heterocycles. The lowest BCUT2D eigenvalue weighted by molar-refractivity contribution is 0.396. The molecule has 0 aliphatic rings. The molecule has 2 N–H and O–H groups in total. The van der Waals surface area contributed by atoms with Crippen molar-refractivity contribution in [2.75, 3.05) is 44.4 Å². The van der Waals surface area contributed by atoms with Crippen molar-refractivity contribution in [2.45, 2.75) is 33.1 Å². The van der Waals surface area contributed by atoms with Gasteiger partial charge in [-0.3, -0.25) is 0 Å². The summed E-state index contributed by atoms with van der Waals surface area (Å²) in [5.41, 5.74) is 0. The van der Waals surface area contributed by atoms with E-state index in [2.05, 4.69) is 53.4 Å². The van der Waals surface area contributed by atoms with E-state index >= 15 is 0 Å². The molecule has 1 aromatic heterocycles. The van der Waals surface area contributed by atoms with Crippen LogP contribution in [0.4, 0.5) is 11.6 Å². The predicted octanol–water partition coefficient (Wildman–Crippen LogP) is 2.22. The predicted molar refractivity (Wildman–Crippen MR) is 81.9 cm³/mol. The van der Waals surface area contributed by atoms with Crippen LogP contribution in [0.3, 0.4) is 0 Å². The molecule has 0 saturated heterocycles. The van der Waals surface area contributed by atoms with Crippen molar-refractivity contribution in [1.29, 1.82) is 0 Å². The Balaban J connectivity index is 2.45. The zero-order valence-corrected chi connectivity index (χ0v) is 12.7. The Labute approximate surface area is 116 Å². The number of hydrogen-bond acceptors (Lipinski definition) is 5. The molecule has 0 aliphatic carbocycles. The average molecular weight is 265 g/mol. The molecule has 1 rings (SSSR count). The van der Waals surface area contributed by atoms with Gasteiger partial charge in [0.1, 0.15) is 17.5 Å². The second-order valence-electron chi connectivity index (χ2n) is 4.88. The van der Waals surface area contributed by atoms with Crippen LogP contribution < -0.4 is 10.6 Å². The third-order valence-electron chi connectivity index (χ3n) is 2.78. The van der Waals surface area contributed by atoms with Gasteiger partial charge in [-0.05, 0) is 40.4 Å². The van der Waals surface area contributed by atoms with Gasteiger partial charge >= 0.3 is 0 Å². The van der Waals surface area contributed by atoms with E-state index < -0.39 is 0 Å². The molecule has 5 nitrogen and oxygen atoms in total. The quantitative estimate of drug-likeness (QED) is 0.671. The second-order valence-corrected chi connectivity index (χ2v) is 4.88. The topological polar surface area (TPSA) is 53.1 Å². The van der Waals surface area contributed by atoms with Crippen LogP contribution >= 0.6 is 0 Å². The smallest absolute Gasteiger partial charge is 0.132 e. The summed E-state index contributed by atoms with van der Waals surface area (Å²) in [6.07, 6.45) is 3.21. The van der Waals surface area contributed by atoms with E-state index in [-0.39, 0.29) is 0 Å². The summed E-state index contributed by atoms with van der Waals surface area (Å²) in [5, 5.41) is 6.62. The monoisotopic (exact) mass is 265 g/mol. The minimum atomic E-state index is 0.856. The van der Waals surface area contributed by atoms with Gasteiger partial charge in [-0.2, -0.15) is 0 Å². The van der Waals surface area contributed by atoms with Crippen molar-refractivity contribution < 1.29 is 0 Å². The van der Waals surface area contributed by atoms with Crippen molar-refractivity contribution in [2.24, 2.45) is 0 Å². The minimum Gasteiger partial charge on any atom is -0.370 e. The maximum absolute atomic E-state index is 4.49. The molecule has 0 spiro atoms. The zero-order valence-electron chi connectivity index (χ0n) is 12.7. The standard InChI is InChI=1S/C14H27N5/c1-5-12-17-13(15-6-2)11-14(18-12)16-9-7-8-10-19(3)4/h11H,5-10H2,1-4H3,(H2,15,16,17,18). The van der Waals surface area contributed by atoms with Crippen LogP contribution in [0.25, 0.3) is 0 Å². The van der Waals surface area contributed by atoms with Crippen LogP contribution in [0.15, 0.2) is 6.07 Å². The van der Waals surface area contributed by atoms with E-state index in [1.54, 1.807) is 0 Å². The number of hydrogen-bond donors (Lipinski definition) is 2. The summed E-state index contributed by atoms with van der Waals surface area (Å²) >= 11 is 0. The highest BCUT2D eigenvalue weighted by atomic mass is 15.1. The first-order valence-electron chi connectivity index (χ1n) is 7.16. The van der Waals surface area contributed by atoms with Gasteiger partial charge in [-0.25, -0.2) is 9.97 Å². The highest BCUT2D eigenvalue weighted by Gasteiger charge is 2.02. The van der Waals surface area contributed by atoms with E-state index in [4.69, 9.17) is 0 Å². The molecule has 0 radical (unpaired) electrons. The average Bonchev–Trinajstić information content (AvgIpc) is 2.38. The fourth-order valence-corrected chi connectivity index (χ4v) is 1.79. The summed E-state index contributed by atoms with van der Waals surface area (Å²) < 4.78 is 0. The minimum absolute atomic E-state index is 0.856. The first-order chi connectivity index (χ1) is 9.15. The largest absolute Gasteiger partial charge is 0.370 e. The van der Waals surface area contributed by atoms with Gasteiger partial charge in [0.15, 0.2) is 0 Å². The number of rotatable bonds is 9. The molecule has 5 heteroatoms. The lowest BCUT2D eigenvalue weighted by Crippen LogP contribution is -2.14. The fraction of sp³-hybridized carbons (Fsp3) is 0.714. The highest BCUT2D eigenvalue weighted by Crippen LogP contribution is 2.11. The summed E-state index contributed by atoms with van der Waals surface area (Å²) in [4.78, 5) is 11.1. The van der Waals surface area contributed by atoms with E-state index in [0.29, 0.717) is 0 Å². The van der Waals surface area contributed by atoms with Gasteiger partial charge in [-0.15, -0.1) is 0 Å². The first kappa shape index (κ1) is 15.7. The molecular weight excluding hydrogens is 238 g/mol. The molecule has 0 aliphatic heterocycles. The molecule has 0 aromatic carbocycles. The van der Waals surface area contributed by atoms with E-state index in [9.17, 15) is 0 Å². The highest BCUT2D eigenvalue weighted by molar-refractivity contribution is 5.47. The Hall–Kier alpha value is -1.36. The van der Waals surface area contributed by atoms with Crippen molar-refractivity contribution in [3.05, 3.63) is 11.9 Å². The Morgan fingerprint density at radius 1 is 1.05 bits per heavy atom. The number of unbranched alkanes of at least 4 members (excludes halogenated alkanes) is 1. The van der Waals surface area contributed by atoms with Gasteiger partial charge in [0.25, 0.3) is 0 Å². The second kappa shape index (κ2) is 8.69. The van der Waals surface area contributed by atoms with Crippen LogP contribution in [-0.2, 0) is 6.42 Å². The van der Waals surface area contributed by atoms with E-state index in [0.717, 1.165) is 49.9 Å². The van der Waals surface area contributed by atoms with Gasteiger partial charge in [0.2, 0.25) is 0 Å². The lowest BCUT2D eigenvalue weighted by Gasteiger charge is -2.11. The van der Waals surface area contributed by atoms with Crippen molar-refractivity contribution in [1.82, 2.24) is 14.9 Å². The zero-order chi connectivity index (χ0) is 14.1. The Morgan fingerprint density at radius 3 is 2.32 bits per heavy atom. The van der Waals surface area contributed by atoms with Gasteiger partial charge in [0, 0.05) is 25.6 Å². The lowest BCUT2D eigenvalue weighted by atomic mass is 10.3. The van der Waals surface area contributed by atoms with Gasteiger partial charge < -0.3 is 15.5 Å². The van der Waals surface area contributed by atoms with E-state index in [1.165, 1.54) is 6.42 Å². The first-order valence-corrected chi connectivity index (χ1v) is 7.16. The van der Waals surface area contributed by atoms with Crippen LogP contribution in [-0.4, -0.2) is 48.6 Å². The molecule has 0 unspecified atom stereocenters. The third kappa shape index (κ3) is 6.38. The maximum Gasteiger partial charge on any atom is 0.132 e. The molecule has 0 bridgehead atoms. The van der Waals surface area contributed by atoms with Gasteiger partial charge in [-0.1, -0.05) is 6.92 Å². The summed E-state index contributed by atoms with van der Waals surface area (Å²) in [7, 11) is 4.21. The van der Waals surface area contributed by atoms with Crippen LogP contribution in [0.5, 0.6) is 0 Å². The SMILES string of the molecule is CCNc1cc(NCCCCN(C)C)nc(CC)n1. The summed E-state index contributed by atoms with van der Waals surface area (Å²) in [6.45, 7) is 7.12. The third-order valence-corrected chi connectivity index (χ3v) is 2.78. The molecule has 1 aromatic rings. The van der Waals surface area contributed by atoms with Crippen molar-refractivity contribution in [3.8, 4) is 0 Å². The molecule has 108 valence electrons. The summed E-state index contributed by atoms with van der Waals surface area (Å²) in [5.74, 6) is 2.71. The van der Waals surface area contributed by atoms with E-state index in [1.807, 2.05) is 6.07 Å². The Morgan fingerprint density at radius 2 is 1.74 bits per heavy atom. The normalized spacial score (nSPS) is 10.8. The van der Waals surface area contributed by atoms with Crippen molar-refractivity contribution in [3.63, 3.8) is 0 Å². The molecule has 0 atom stereocenters. The molecule has 0 amide bonds. The number of nitrogens with one attached hydrogen (secondary N) is 2. The number of aromatic nitrogens is 2. The van der Waals surface area contributed by atoms with Crippen LogP contribution in [0, 0.1) is 0 Å². The van der Waals surface area contributed by atoms with Crippen LogP contribution in [0.2, 0.25) is 0 Å².